The van der Waals surface area contributed by atoms with Gasteiger partial charge in [-0.3, -0.25) is 4.79 Å². The Kier molecular flexibility index (Phi) is 10.3. The molecule has 0 fully saturated rings. The molecule has 20 heavy (non-hydrogen) atoms. The Morgan fingerprint density at radius 1 is 0.950 bits per heavy atom. The van der Waals surface area contributed by atoms with Crippen molar-refractivity contribution >= 4 is 11.8 Å². The zero-order chi connectivity index (χ0) is 15.4. The van der Waals surface area contributed by atoms with E-state index in [0.29, 0.717) is 6.42 Å². The Morgan fingerprint density at radius 2 is 1.40 bits per heavy atom. The van der Waals surface area contributed by atoms with Crippen LogP contribution in [0.5, 0.6) is 0 Å². The predicted molar refractivity (Wildman–Crippen MR) is 81.5 cm³/mol. The summed E-state index contributed by atoms with van der Waals surface area (Å²) in [5, 5.41) is 0. The average molecular weight is 285 g/mol. The molecule has 0 amide bonds. The Balaban J connectivity index is 3.60. The number of rotatable bonds is 12. The van der Waals surface area contributed by atoms with Gasteiger partial charge in [-0.1, -0.05) is 58.3 Å². The highest BCUT2D eigenvalue weighted by Gasteiger charge is 2.36. The number of methoxy groups -OCH3 is 1. The van der Waals surface area contributed by atoms with Crippen LogP contribution in [-0.4, -0.2) is 24.4 Å². The van der Waals surface area contributed by atoms with Crippen LogP contribution in [-0.2, 0) is 14.3 Å². The first-order chi connectivity index (χ1) is 9.46. The summed E-state index contributed by atoms with van der Waals surface area (Å²) in [5.41, 5.74) is 4.21. The number of ketones is 1. The van der Waals surface area contributed by atoms with Crippen LogP contribution in [0.4, 0.5) is 0 Å². The van der Waals surface area contributed by atoms with E-state index in [9.17, 15) is 9.59 Å². The quantitative estimate of drug-likeness (QED) is 0.339. The molecule has 0 aliphatic rings. The second-order valence-corrected chi connectivity index (χ2v) is 5.70. The third-order valence-electron chi connectivity index (χ3n) is 3.70. The Labute approximate surface area is 123 Å². The minimum atomic E-state index is -1.49. The van der Waals surface area contributed by atoms with Crippen molar-refractivity contribution < 1.29 is 14.3 Å². The highest BCUT2D eigenvalue weighted by Crippen LogP contribution is 2.13. The van der Waals surface area contributed by atoms with Crippen LogP contribution in [0.15, 0.2) is 0 Å². The van der Waals surface area contributed by atoms with Gasteiger partial charge in [-0.25, -0.2) is 4.79 Å². The molecule has 0 aromatic heterocycles. The Morgan fingerprint density at radius 3 is 1.85 bits per heavy atom. The summed E-state index contributed by atoms with van der Waals surface area (Å²) in [6.45, 7) is 3.64. The van der Waals surface area contributed by atoms with E-state index < -0.39 is 11.5 Å². The van der Waals surface area contributed by atoms with Crippen LogP contribution in [0.1, 0.15) is 78.1 Å². The minimum Gasteiger partial charge on any atom is -0.467 e. The normalized spacial score (nSPS) is 13.8. The van der Waals surface area contributed by atoms with Gasteiger partial charge in [-0.05, 0) is 13.3 Å². The molecule has 4 nitrogen and oxygen atoms in total. The number of hydrogen-bond donors (Lipinski definition) is 1. The van der Waals surface area contributed by atoms with E-state index in [4.69, 9.17) is 5.73 Å². The first kappa shape index (κ1) is 19.1. The van der Waals surface area contributed by atoms with Gasteiger partial charge in [0.2, 0.25) is 0 Å². The molecule has 2 N–H and O–H groups in total. The molecule has 0 aliphatic heterocycles. The third kappa shape index (κ3) is 7.63. The number of nitrogens with two attached hydrogens (primary N) is 1. The smallest absolute Gasteiger partial charge is 0.333 e. The van der Waals surface area contributed by atoms with Gasteiger partial charge in [0.25, 0.3) is 0 Å². The zero-order valence-electron chi connectivity index (χ0n) is 13.4. The lowest BCUT2D eigenvalue weighted by Crippen LogP contribution is -2.52. The predicted octanol–water partition coefficient (Wildman–Crippen LogP) is 3.37. The summed E-state index contributed by atoms with van der Waals surface area (Å²) < 4.78 is 4.54. The molecule has 0 spiro atoms. The maximum absolute atomic E-state index is 11.8. The lowest BCUT2D eigenvalue weighted by Gasteiger charge is -2.19. The number of carbonyl (C=O) groups is 2. The molecule has 118 valence electrons. The standard InChI is InChI=1S/C16H31NO3/c1-4-5-6-7-8-9-10-11-12-13-14(18)16(2,17)15(19)20-3/h4-13,17H2,1-3H3. The van der Waals surface area contributed by atoms with E-state index in [1.54, 1.807) is 0 Å². The SMILES string of the molecule is CCCCCCCCCCCC(=O)C(C)(N)C(=O)OC. The molecule has 0 aromatic carbocycles. The Hall–Kier alpha value is -0.900. The summed E-state index contributed by atoms with van der Waals surface area (Å²) >= 11 is 0. The number of Topliss-reactive ketones (excluding diaryl/α,β-unsaturated/α-hetero) is 1. The van der Waals surface area contributed by atoms with Crippen LogP contribution in [0.2, 0.25) is 0 Å². The van der Waals surface area contributed by atoms with Gasteiger partial charge >= 0.3 is 5.97 Å². The van der Waals surface area contributed by atoms with E-state index in [1.165, 1.54) is 52.6 Å². The van der Waals surface area contributed by atoms with Crippen molar-refractivity contribution in [3.05, 3.63) is 0 Å². The van der Waals surface area contributed by atoms with E-state index in [0.717, 1.165) is 19.3 Å². The molecule has 0 saturated carbocycles. The molecule has 0 rings (SSSR count). The molecule has 0 bridgehead atoms. The molecule has 0 saturated heterocycles. The van der Waals surface area contributed by atoms with E-state index >= 15 is 0 Å². The number of unbranched alkanes of at least 4 members (excludes halogenated alkanes) is 8. The molecule has 0 aliphatic carbocycles. The van der Waals surface area contributed by atoms with Crippen LogP contribution >= 0.6 is 0 Å². The fraction of sp³-hybridized carbons (Fsp3) is 0.875. The second-order valence-electron chi connectivity index (χ2n) is 5.70. The van der Waals surface area contributed by atoms with Crippen molar-refractivity contribution in [2.45, 2.75) is 83.6 Å². The van der Waals surface area contributed by atoms with Crippen molar-refractivity contribution in [2.24, 2.45) is 5.73 Å². The molecule has 1 unspecified atom stereocenters. The number of hydrogen-bond acceptors (Lipinski definition) is 4. The van der Waals surface area contributed by atoms with Crippen molar-refractivity contribution in [1.82, 2.24) is 0 Å². The zero-order valence-corrected chi connectivity index (χ0v) is 13.4. The first-order valence-corrected chi connectivity index (χ1v) is 7.87. The van der Waals surface area contributed by atoms with E-state index in [-0.39, 0.29) is 5.78 Å². The summed E-state index contributed by atoms with van der Waals surface area (Å²) in [5.74, 6) is -0.884. The fourth-order valence-corrected chi connectivity index (χ4v) is 2.18. The molecule has 1 atom stereocenters. The van der Waals surface area contributed by atoms with Crippen LogP contribution in [0, 0.1) is 0 Å². The van der Waals surface area contributed by atoms with Crippen LogP contribution < -0.4 is 5.73 Å². The molecular weight excluding hydrogens is 254 g/mol. The lowest BCUT2D eigenvalue weighted by molar-refractivity contribution is -0.150. The molecular formula is C16H31NO3. The van der Waals surface area contributed by atoms with Gasteiger partial charge in [0.1, 0.15) is 0 Å². The summed E-state index contributed by atoms with van der Waals surface area (Å²) in [4.78, 5) is 23.2. The highest BCUT2D eigenvalue weighted by atomic mass is 16.5. The third-order valence-corrected chi connectivity index (χ3v) is 3.70. The van der Waals surface area contributed by atoms with Gasteiger partial charge in [0, 0.05) is 6.42 Å². The van der Waals surface area contributed by atoms with Gasteiger partial charge in [0.05, 0.1) is 7.11 Å². The van der Waals surface area contributed by atoms with E-state index in [1.807, 2.05) is 0 Å². The van der Waals surface area contributed by atoms with Crippen molar-refractivity contribution in [2.75, 3.05) is 7.11 Å². The average Bonchev–Trinajstić information content (AvgIpc) is 2.44. The molecule has 4 heteroatoms. The first-order valence-electron chi connectivity index (χ1n) is 7.87. The van der Waals surface area contributed by atoms with E-state index in [2.05, 4.69) is 11.7 Å². The highest BCUT2D eigenvalue weighted by molar-refractivity contribution is 6.07. The second kappa shape index (κ2) is 10.8. The number of esters is 1. The van der Waals surface area contributed by atoms with Crippen LogP contribution in [0.3, 0.4) is 0 Å². The van der Waals surface area contributed by atoms with Crippen molar-refractivity contribution in [3.8, 4) is 0 Å². The minimum absolute atomic E-state index is 0.229. The Bertz CT molecular complexity index is 287. The maximum atomic E-state index is 11.8. The number of ether oxygens (including phenoxy) is 1. The fourth-order valence-electron chi connectivity index (χ4n) is 2.18. The summed E-state index contributed by atoms with van der Waals surface area (Å²) in [6, 6.07) is 0. The van der Waals surface area contributed by atoms with Crippen molar-refractivity contribution in [1.29, 1.82) is 0 Å². The van der Waals surface area contributed by atoms with Gasteiger partial charge in [-0.2, -0.15) is 0 Å². The topological polar surface area (TPSA) is 69.4 Å². The monoisotopic (exact) mass is 285 g/mol. The van der Waals surface area contributed by atoms with Gasteiger partial charge < -0.3 is 10.5 Å². The van der Waals surface area contributed by atoms with Gasteiger partial charge in [-0.15, -0.1) is 0 Å². The summed E-state index contributed by atoms with van der Waals surface area (Å²) in [7, 11) is 1.25. The maximum Gasteiger partial charge on any atom is 0.333 e. The molecule has 0 heterocycles. The number of carbonyl (C=O) groups excluding carboxylic acids is 2. The largest absolute Gasteiger partial charge is 0.467 e. The van der Waals surface area contributed by atoms with Crippen LogP contribution in [0.25, 0.3) is 0 Å². The van der Waals surface area contributed by atoms with Gasteiger partial charge in [0.15, 0.2) is 11.3 Å². The van der Waals surface area contributed by atoms with Crippen molar-refractivity contribution in [3.63, 3.8) is 0 Å². The summed E-state index contributed by atoms with van der Waals surface area (Å²) in [6.07, 6.45) is 11.1. The molecule has 0 aromatic rings. The lowest BCUT2D eigenvalue weighted by atomic mass is 9.93. The molecule has 0 radical (unpaired) electrons.